The minimum absolute atomic E-state index is 0.472. The first-order chi connectivity index (χ1) is 7.86. The van der Waals surface area contributed by atoms with Gasteiger partial charge < -0.3 is 14.8 Å². The molecule has 0 bridgehead atoms. The van der Waals surface area contributed by atoms with E-state index in [1.165, 1.54) is 32.1 Å². The standard InChI is InChI=1S/C13H27NO2/c1-3-9-14-12-5-7-13(8-6-12)16-11-10-15-4-2/h12-14H,3-11H2,1-2H3. The van der Waals surface area contributed by atoms with E-state index >= 15 is 0 Å². The first-order valence-corrected chi connectivity index (χ1v) is 6.79. The molecule has 0 heterocycles. The summed E-state index contributed by atoms with van der Waals surface area (Å²) in [5, 5.41) is 3.59. The van der Waals surface area contributed by atoms with Gasteiger partial charge in [0.25, 0.3) is 0 Å². The van der Waals surface area contributed by atoms with Crippen molar-refractivity contribution in [2.75, 3.05) is 26.4 Å². The van der Waals surface area contributed by atoms with E-state index in [2.05, 4.69) is 12.2 Å². The number of rotatable bonds is 8. The fourth-order valence-corrected chi connectivity index (χ4v) is 2.20. The molecular weight excluding hydrogens is 202 g/mol. The molecule has 0 aromatic carbocycles. The van der Waals surface area contributed by atoms with Crippen LogP contribution in [0.1, 0.15) is 46.0 Å². The summed E-state index contributed by atoms with van der Waals surface area (Å²) in [6, 6.07) is 0.728. The van der Waals surface area contributed by atoms with Crippen LogP contribution >= 0.6 is 0 Å². The van der Waals surface area contributed by atoms with Crippen LogP contribution in [0.3, 0.4) is 0 Å². The van der Waals surface area contributed by atoms with Crippen molar-refractivity contribution < 1.29 is 9.47 Å². The Balaban J connectivity index is 1.98. The molecule has 96 valence electrons. The molecule has 0 aromatic rings. The lowest BCUT2D eigenvalue weighted by atomic mass is 9.93. The van der Waals surface area contributed by atoms with Crippen molar-refractivity contribution in [3.63, 3.8) is 0 Å². The second kappa shape index (κ2) is 8.97. The van der Waals surface area contributed by atoms with Gasteiger partial charge in [-0.15, -0.1) is 0 Å². The molecule has 1 rings (SSSR count). The van der Waals surface area contributed by atoms with E-state index in [0.717, 1.165) is 32.4 Å². The maximum absolute atomic E-state index is 5.79. The number of hydrogen-bond acceptors (Lipinski definition) is 3. The second-order valence-corrected chi connectivity index (χ2v) is 4.50. The van der Waals surface area contributed by atoms with Gasteiger partial charge in [0.1, 0.15) is 0 Å². The summed E-state index contributed by atoms with van der Waals surface area (Å²) in [5.41, 5.74) is 0. The third-order valence-electron chi connectivity index (χ3n) is 3.14. The van der Waals surface area contributed by atoms with Crippen molar-refractivity contribution in [1.29, 1.82) is 0 Å². The first kappa shape index (κ1) is 13.9. The van der Waals surface area contributed by atoms with E-state index < -0.39 is 0 Å². The molecule has 0 saturated heterocycles. The predicted molar refractivity (Wildman–Crippen MR) is 66.8 cm³/mol. The Morgan fingerprint density at radius 2 is 1.81 bits per heavy atom. The molecule has 0 unspecified atom stereocenters. The first-order valence-electron chi connectivity index (χ1n) is 6.79. The van der Waals surface area contributed by atoms with Crippen molar-refractivity contribution in [3.05, 3.63) is 0 Å². The van der Waals surface area contributed by atoms with Crippen LogP contribution < -0.4 is 5.32 Å². The van der Waals surface area contributed by atoms with Gasteiger partial charge in [-0.25, -0.2) is 0 Å². The molecular formula is C13H27NO2. The Bertz CT molecular complexity index is 156. The molecule has 0 atom stereocenters. The summed E-state index contributed by atoms with van der Waals surface area (Å²) in [7, 11) is 0. The van der Waals surface area contributed by atoms with Crippen molar-refractivity contribution in [2.45, 2.75) is 58.1 Å². The number of nitrogens with one attached hydrogen (secondary N) is 1. The molecule has 1 aliphatic carbocycles. The highest BCUT2D eigenvalue weighted by Crippen LogP contribution is 2.21. The normalized spacial score (nSPS) is 25.9. The van der Waals surface area contributed by atoms with E-state index in [1.807, 2.05) is 6.92 Å². The van der Waals surface area contributed by atoms with Crippen LogP contribution in [-0.2, 0) is 9.47 Å². The summed E-state index contributed by atoms with van der Waals surface area (Å²) < 4.78 is 11.0. The maximum Gasteiger partial charge on any atom is 0.0704 e. The summed E-state index contributed by atoms with van der Waals surface area (Å²) in [6.07, 6.45) is 6.63. The third-order valence-corrected chi connectivity index (χ3v) is 3.14. The van der Waals surface area contributed by atoms with Crippen LogP contribution in [0.25, 0.3) is 0 Å². The van der Waals surface area contributed by atoms with Crippen molar-refractivity contribution in [3.8, 4) is 0 Å². The summed E-state index contributed by atoms with van der Waals surface area (Å²) in [6.45, 7) is 7.67. The fourth-order valence-electron chi connectivity index (χ4n) is 2.20. The van der Waals surface area contributed by atoms with Crippen LogP contribution in [0.4, 0.5) is 0 Å². The van der Waals surface area contributed by atoms with Gasteiger partial charge in [0, 0.05) is 12.6 Å². The number of ether oxygens (including phenoxy) is 2. The van der Waals surface area contributed by atoms with Gasteiger partial charge in [-0.1, -0.05) is 6.92 Å². The molecule has 0 radical (unpaired) electrons. The third kappa shape index (κ3) is 5.83. The van der Waals surface area contributed by atoms with E-state index in [1.54, 1.807) is 0 Å². The molecule has 0 spiro atoms. The largest absolute Gasteiger partial charge is 0.379 e. The Morgan fingerprint density at radius 1 is 1.06 bits per heavy atom. The van der Waals surface area contributed by atoms with Gasteiger partial charge in [-0.05, 0) is 45.6 Å². The van der Waals surface area contributed by atoms with Crippen LogP contribution in [-0.4, -0.2) is 38.5 Å². The lowest BCUT2D eigenvalue weighted by Crippen LogP contribution is -2.36. The minimum atomic E-state index is 0.472. The lowest BCUT2D eigenvalue weighted by Gasteiger charge is -2.29. The van der Waals surface area contributed by atoms with Crippen LogP contribution in [0.15, 0.2) is 0 Å². The van der Waals surface area contributed by atoms with Gasteiger partial charge in [0.2, 0.25) is 0 Å². The molecule has 1 N–H and O–H groups in total. The Morgan fingerprint density at radius 3 is 2.44 bits per heavy atom. The molecule has 0 aromatic heterocycles. The number of hydrogen-bond donors (Lipinski definition) is 1. The van der Waals surface area contributed by atoms with Crippen LogP contribution in [0.5, 0.6) is 0 Å². The molecule has 3 nitrogen and oxygen atoms in total. The van der Waals surface area contributed by atoms with Gasteiger partial charge in [-0.3, -0.25) is 0 Å². The topological polar surface area (TPSA) is 30.5 Å². The van der Waals surface area contributed by atoms with E-state index in [9.17, 15) is 0 Å². The zero-order chi connectivity index (χ0) is 11.6. The zero-order valence-electron chi connectivity index (χ0n) is 10.8. The highest BCUT2D eigenvalue weighted by molar-refractivity contribution is 4.77. The maximum atomic E-state index is 5.79. The molecule has 1 aliphatic rings. The minimum Gasteiger partial charge on any atom is -0.379 e. The highest BCUT2D eigenvalue weighted by Gasteiger charge is 2.20. The van der Waals surface area contributed by atoms with Crippen LogP contribution in [0.2, 0.25) is 0 Å². The Labute approximate surface area is 99.9 Å². The van der Waals surface area contributed by atoms with E-state index in [0.29, 0.717) is 6.10 Å². The van der Waals surface area contributed by atoms with Gasteiger partial charge in [-0.2, -0.15) is 0 Å². The van der Waals surface area contributed by atoms with Gasteiger partial charge >= 0.3 is 0 Å². The van der Waals surface area contributed by atoms with Crippen molar-refractivity contribution in [1.82, 2.24) is 5.32 Å². The molecule has 0 aliphatic heterocycles. The summed E-state index contributed by atoms with van der Waals surface area (Å²) in [4.78, 5) is 0. The predicted octanol–water partition coefficient (Wildman–Crippen LogP) is 2.35. The molecule has 3 heteroatoms. The molecule has 1 saturated carbocycles. The average Bonchev–Trinajstić information content (AvgIpc) is 2.33. The lowest BCUT2D eigenvalue weighted by molar-refractivity contribution is -0.0114. The molecule has 1 fully saturated rings. The quantitative estimate of drug-likeness (QED) is 0.648. The summed E-state index contributed by atoms with van der Waals surface area (Å²) >= 11 is 0. The van der Waals surface area contributed by atoms with Crippen molar-refractivity contribution >= 4 is 0 Å². The van der Waals surface area contributed by atoms with Crippen molar-refractivity contribution in [2.24, 2.45) is 0 Å². The average molecular weight is 229 g/mol. The Hall–Kier alpha value is -0.120. The van der Waals surface area contributed by atoms with Crippen LogP contribution in [0, 0.1) is 0 Å². The molecule has 16 heavy (non-hydrogen) atoms. The SMILES string of the molecule is CCCNC1CCC(OCCOCC)CC1. The van der Waals surface area contributed by atoms with E-state index in [-0.39, 0.29) is 0 Å². The fraction of sp³-hybridized carbons (Fsp3) is 1.00. The summed E-state index contributed by atoms with van der Waals surface area (Å²) in [5.74, 6) is 0. The Kier molecular flexibility index (Phi) is 7.81. The van der Waals surface area contributed by atoms with Gasteiger partial charge in [0.15, 0.2) is 0 Å². The smallest absolute Gasteiger partial charge is 0.0704 e. The zero-order valence-corrected chi connectivity index (χ0v) is 10.8. The van der Waals surface area contributed by atoms with E-state index in [4.69, 9.17) is 9.47 Å². The highest BCUT2D eigenvalue weighted by atomic mass is 16.5. The molecule has 0 amide bonds. The monoisotopic (exact) mass is 229 g/mol. The van der Waals surface area contributed by atoms with Gasteiger partial charge in [0.05, 0.1) is 19.3 Å². The second-order valence-electron chi connectivity index (χ2n) is 4.50.